The van der Waals surface area contributed by atoms with Crippen LogP contribution >= 0.6 is 0 Å². The van der Waals surface area contributed by atoms with Gasteiger partial charge in [-0.1, -0.05) is 12.1 Å². The highest BCUT2D eigenvalue weighted by molar-refractivity contribution is 6.02. The van der Waals surface area contributed by atoms with Gasteiger partial charge < -0.3 is 0 Å². The highest BCUT2D eigenvalue weighted by atomic mass is 19.1. The molecule has 1 atom stereocenters. The predicted octanol–water partition coefficient (Wildman–Crippen LogP) is 2.05. The van der Waals surface area contributed by atoms with Crippen molar-refractivity contribution in [3.63, 3.8) is 0 Å². The van der Waals surface area contributed by atoms with Gasteiger partial charge in [-0.25, -0.2) is 4.39 Å². The Morgan fingerprint density at radius 3 is 2.61 bits per heavy atom. The van der Waals surface area contributed by atoms with Crippen LogP contribution in [0.15, 0.2) is 36.7 Å². The van der Waals surface area contributed by atoms with Crippen molar-refractivity contribution >= 4 is 5.78 Å². The van der Waals surface area contributed by atoms with Crippen molar-refractivity contribution in [2.24, 2.45) is 7.05 Å². The minimum Gasteiger partial charge on any atom is -0.292 e. The fourth-order valence-corrected chi connectivity index (χ4v) is 1.65. The zero-order chi connectivity index (χ0) is 13.1. The third kappa shape index (κ3) is 2.28. The molecule has 1 aromatic heterocycles. The van der Waals surface area contributed by atoms with Crippen LogP contribution in [-0.4, -0.2) is 15.6 Å². The first kappa shape index (κ1) is 12.0. The molecule has 0 aliphatic rings. The number of rotatable bonds is 3. The summed E-state index contributed by atoms with van der Waals surface area (Å²) >= 11 is 0. The molecule has 90 valence electrons. The highest BCUT2D eigenvalue weighted by Gasteiger charge is 2.22. The van der Waals surface area contributed by atoms with Gasteiger partial charge in [0.15, 0.2) is 5.78 Å². The van der Waals surface area contributed by atoms with Gasteiger partial charge in [0.25, 0.3) is 0 Å². The van der Waals surface area contributed by atoms with E-state index in [1.807, 2.05) is 6.07 Å². The maximum Gasteiger partial charge on any atom is 0.187 e. The fraction of sp³-hybridized carbons (Fsp3) is 0.154. The number of carbonyl (C=O) groups is 1. The molecule has 0 aliphatic heterocycles. The molecule has 0 bridgehead atoms. The number of carbonyl (C=O) groups excluding carboxylic acids is 1. The van der Waals surface area contributed by atoms with Crippen LogP contribution in [0.5, 0.6) is 0 Å². The second-order valence-electron chi connectivity index (χ2n) is 3.88. The van der Waals surface area contributed by atoms with Crippen molar-refractivity contribution in [3.8, 4) is 6.07 Å². The van der Waals surface area contributed by atoms with E-state index >= 15 is 0 Å². The Balaban J connectivity index is 2.32. The Hall–Kier alpha value is -2.48. The van der Waals surface area contributed by atoms with E-state index in [0.717, 1.165) is 0 Å². The van der Waals surface area contributed by atoms with Crippen LogP contribution in [0, 0.1) is 17.1 Å². The summed E-state index contributed by atoms with van der Waals surface area (Å²) in [5.41, 5.74) is 0.848. The molecule has 0 fully saturated rings. The SMILES string of the molecule is Cn1cc(C(=O)C(C#N)c2ccc(F)cc2)cn1. The first-order chi connectivity index (χ1) is 8.61. The molecular formula is C13H10FN3O. The molecule has 1 aromatic carbocycles. The first-order valence-corrected chi connectivity index (χ1v) is 5.30. The van der Waals surface area contributed by atoms with E-state index in [4.69, 9.17) is 5.26 Å². The Morgan fingerprint density at radius 1 is 1.44 bits per heavy atom. The summed E-state index contributed by atoms with van der Waals surface area (Å²) in [6, 6.07) is 7.28. The van der Waals surface area contributed by atoms with Gasteiger partial charge in [-0.15, -0.1) is 0 Å². The lowest BCUT2D eigenvalue weighted by Crippen LogP contribution is -2.10. The summed E-state index contributed by atoms with van der Waals surface area (Å²) in [4.78, 5) is 12.1. The van der Waals surface area contributed by atoms with E-state index in [-0.39, 0.29) is 5.78 Å². The van der Waals surface area contributed by atoms with Crippen molar-refractivity contribution < 1.29 is 9.18 Å². The number of ketones is 1. The van der Waals surface area contributed by atoms with Gasteiger partial charge in [-0.3, -0.25) is 9.48 Å². The van der Waals surface area contributed by atoms with Crippen LogP contribution in [0.4, 0.5) is 4.39 Å². The zero-order valence-corrected chi connectivity index (χ0v) is 9.67. The van der Waals surface area contributed by atoms with Gasteiger partial charge in [0, 0.05) is 13.2 Å². The van der Waals surface area contributed by atoms with E-state index in [0.29, 0.717) is 11.1 Å². The van der Waals surface area contributed by atoms with Crippen molar-refractivity contribution in [2.45, 2.75) is 5.92 Å². The quantitative estimate of drug-likeness (QED) is 0.775. The zero-order valence-electron chi connectivity index (χ0n) is 9.67. The fourth-order valence-electron chi connectivity index (χ4n) is 1.65. The van der Waals surface area contributed by atoms with Crippen LogP contribution in [0.2, 0.25) is 0 Å². The first-order valence-electron chi connectivity index (χ1n) is 5.30. The van der Waals surface area contributed by atoms with E-state index in [2.05, 4.69) is 5.10 Å². The van der Waals surface area contributed by atoms with Crippen molar-refractivity contribution in [1.82, 2.24) is 9.78 Å². The van der Waals surface area contributed by atoms with Crippen LogP contribution in [-0.2, 0) is 7.05 Å². The van der Waals surface area contributed by atoms with Crippen molar-refractivity contribution in [3.05, 3.63) is 53.6 Å². The minimum atomic E-state index is -0.935. The lowest BCUT2D eigenvalue weighted by molar-refractivity contribution is 0.0978. The number of aromatic nitrogens is 2. The summed E-state index contributed by atoms with van der Waals surface area (Å²) in [5, 5.41) is 13.0. The van der Waals surface area contributed by atoms with Crippen LogP contribution in [0.1, 0.15) is 21.8 Å². The van der Waals surface area contributed by atoms with Gasteiger partial charge in [-0.05, 0) is 17.7 Å². The van der Waals surface area contributed by atoms with Gasteiger partial charge in [-0.2, -0.15) is 10.4 Å². The molecule has 0 amide bonds. The van der Waals surface area contributed by atoms with Gasteiger partial charge in [0.05, 0.1) is 17.8 Å². The lowest BCUT2D eigenvalue weighted by Gasteiger charge is -2.06. The number of hydrogen-bond donors (Lipinski definition) is 0. The molecule has 2 rings (SSSR count). The molecule has 0 spiro atoms. The molecule has 0 saturated heterocycles. The lowest BCUT2D eigenvalue weighted by atomic mass is 9.93. The summed E-state index contributed by atoms with van der Waals surface area (Å²) in [6.45, 7) is 0. The number of Topliss-reactive ketones (excluding diaryl/α,β-unsaturated/α-hetero) is 1. The second kappa shape index (κ2) is 4.80. The topological polar surface area (TPSA) is 58.7 Å². The molecule has 0 N–H and O–H groups in total. The van der Waals surface area contributed by atoms with Gasteiger partial charge in [0.2, 0.25) is 0 Å². The van der Waals surface area contributed by atoms with E-state index < -0.39 is 11.7 Å². The molecule has 1 heterocycles. The number of aryl methyl sites for hydroxylation is 1. The van der Waals surface area contributed by atoms with Crippen LogP contribution in [0.25, 0.3) is 0 Å². The third-order valence-corrected chi connectivity index (χ3v) is 2.58. The molecule has 0 radical (unpaired) electrons. The number of nitriles is 1. The minimum absolute atomic E-state index is 0.336. The van der Waals surface area contributed by atoms with E-state index in [1.54, 1.807) is 13.2 Å². The Morgan fingerprint density at radius 2 is 2.11 bits per heavy atom. The summed E-state index contributed by atoms with van der Waals surface area (Å²) in [7, 11) is 1.69. The summed E-state index contributed by atoms with van der Waals surface area (Å²) in [5.74, 6) is -1.67. The molecule has 5 heteroatoms. The Labute approximate surface area is 103 Å². The van der Waals surface area contributed by atoms with Crippen LogP contribution in [0.3, 0.4) is 0 Å². The summed E-state index contributed by atoms with van der Waals surface area (Å²) in [6.07, 6.45) is 2.96. The maximum atomic E-state index is 12.8. The Bertz CT molecular complexity index is 610. The standard InChI is InChI=1S/C13H10FN3O/c1-17-8-10(7-16-17)13(18)12(6-15)9-2-4-11(14)5-3-9/h2-5,7-8,12H,1H3. The smallest absolute Gasteiger partial charge is 0.187 e. The molecule has 0 aliphatic carbocycles. The highest BCUT2D eigenvalue weighted by Crippen LogP contribution is 2.20. The molecule has 0 saturated carbocycles. The van der Waals surface area contributed by atoms with Crippen molar-refractivity contribution in [2.75, 3.05) is 0 Å². The second-order valence-corrected chi connectivity index (χ2v) is 3.88. The molecule has 1 unspecified atom stereocenters. The average Bonchev–Trinajstić information content (AvgIpc) is 2.79. The van der Waals surface area contributed by atoms with Gasteiger partial charge in [0.1, 0.15) is 11.7 Å². The normalized spacial score (nSPS) is 11.8. The monoisotopic (exact) mass is 243 g/mol. The number of nitrogens with zero attached hydrogens (tertiary/aromatic N) is 3. The van der Waals surface area contributed by atoms with E-state index in [9.17, 15) is 9.18 Å². The number of halogens is 1. The number of hydrogen-bond acceptors (Lipinski definition) is 3. The average molecular weight is 243 g/mol. The predicted molar refractivity (Wildman–Crippen MR) is 62.3 cm³/mol. The maximum absolute atomic E-state index is 12.8. The van der Waals surface area contributed by atoms with Gasteiger partial charge >= 0.3 is 0 Å². The van der Waals surface area contributed by atoms with Crippen molar-refractivity contribution in [1.29, 1.82) is 5.26 Å². The molecule has 18 heavy (non-hydrogen) atoms. The van der Waals surface area contributed by atoms with E-state index in [1.165, 1.54) is 35.1 Å². The van der Waals surface area contributed by atoms with Crippen LogP contribution < -0.4 is 0 Å². The molecule has 2 aromatic rings. The number of benzene rings is 1. The molecular weight excluding hydrogens is 233 g/mol. The Kier molecular flexibility index (Phi) is 3.20. The largest absolute Gasteiger partial charge is 0.292 e. The molecule has 4 nitrogen and oxygen atoms in total. The summed E-state index contributed by atoms with van der Waals surface area (Å²) < 4.78 is 14.3. The third-order valence-electron chi connectivity index (χ3n) is 2.58.